The van der Waals surface area contributed by atoms with E-state index in [4.69, 9.17) is 0 Å². The Morgan fingerprint density at radius 3 is 2.62 bits per heavy atom. The van der Waals surface area contributed by atoms with Crippen LogP contribution in [0.1, 0.15) is 43.2 Å². The molecule has 5 nitrogen and oxygen atoms in total. The van der Waals surface area contributed by atoms with Crippen molar-refractivity contribution in [1.82, 2.24) is 10.2 Å². The van der Waals surface area contributed by atoms with Gasteiger partial charge in [-0.3, -0.25) is 14.5 Å². The van der Waals surface area contributed by atoms with Gasteiger partial charge in [0.05, 0.1) is 13.1 Å². The first-order chi connectivity index (χ1) is 12.4. The zero-order valence-corrected chi connectivity index (χ0v) is 16.2. The van der Waals surface area contributed by atoms with E-state index in [9.17, 15) is 9.59 Å². The lowest BCUT2D eigenvalue weighted by Gasteiger charge is -2.17. The number of allylic oxidation sites excluding steroid dienone is 1. The fraction of sp³-hybridized carbons (Fsp3) is 0.524. The van der Waals surface area contributed by atoms with E-state index in [0.29, 0.717) is 6.54 Å². The summed E-state index contributed by atoms with van der Waals surface area (Å²) in [5.74, 6) is -0.148. The summed E-state index contributed by atoms with van der Waals surface area (Å²) in [5.41, 5.74) is 4.42. The first-order valence-electron chi connectivity index (χ1n) is 9.44. The zero-order chi connectivity index (χ0) is 18.9. The molecule has 142 valence electrons. The van der Waals surface area contributed by atoms with Gasteiger partial charge < -0.3 is 10.6 Å². The number of nitrogens with one attached hydrogen (secondary N) is 2. The molecule has 26 heavy (non-hydrogen) atoms. The van der Waals surface area contributed by atoms with Gasteiger partial charge in [0.2, 0.25) is 11.8 Å². The van der Waals surface area contributed by atoms with Crippen LogP contribution < -0.4 is 10.6 Å². The Bertz CT molecular complexity index is 667. The molecule has 0 heterocycles. The predicted octanol–water partition coefficient (Wildman–Crippen LogP) is 3.18. The van der Waals surface area contributed by atoms with E-state index in [0.717, 1.165) is 29.7 Å². The molecule has 2 amide bonds. The van der Waals surface area contributed by atoms with Gasteiger partial charge >= 0.3 is 0 Å². The van der Waals surface area contributed by atoms with Crippen LogP contribution in [0.5, 0.6) is 0 Å². The normalized spacial score (nSPS) is 14.1. The maximum absolute atomic E-state index is 12.2. The number of anilines is 1. The molecule has 0 atom stereocenters. The fourth-order valence-electron chi connectivity index (χ4n) is 3.16. The lowest BCUT2D eigenvalue weighted by Crippen LogP contribution is -2.39. The highest BCUT2D eigenvalue weighted by atomic mass is 16.2. The molecule has 0 saturated heterocycles. The van der Waals surface area contributed by atoms with Gasteiger partial charge in [0.15, 0.2) is 0 Å². The van der Waals surface area contributed by atoms with Gasteiger partial charge in [-0.25, -0.2) is 0 Å². The van der Waals surface area contributed by atoms with E-state index < -0.39 is 0 Å². The van der Waals surface area contributed by atoms with Gasteiger partial charge in [-0.1, -0.05) is 23.8 Å². The first-order valence-corrected chi connectivity index (χ1v) is 9.44. The second kappa shape index (κ2) is 10.1. The van der Waals surface area contributed by atoms with Gasteiger partial charge in [-0.15, -0.1) is 0 Å². The minimum absolute atomic E-state index is 0.0385. The van der Waals surface area contributed by atoms with Crippen molar-refractivity contribution >= 4 is 17.5 Å². The molecular formula is C21H31N3O2. The molecule has 1 aliphatic rings. The smallest absolute Gasteiger partial charge is 0.238 e. The van der Waals surface area contributed by atoms with Crippen molar-refractivity contribution in [3.8, 4) is 0 Å². The Kier molecular flexibility index (Phi) is 7.85. The van der Waals surface area contributed by atoms with Crippen molar-refractivity contribution in [3.05, 3.63) is 41.0 Å². The number of carbonyl (C=O) groups excluding carboxylic acids is 2. The zero-order valence-electron chi connectivity index (χ0n) is 16.2. The van der Waals surface area contributed by atoms with Crippen LogP contribution in [0.4, 0.5) is 5.69 Å². The summed E-state index contributed by atoms with van der Waals surface area (Å²) in [5, 5.41) is 5.87. The van der Waals surface area contributed by atoms with E-state index in [1.807, 2.05) is 32.0 Å². The standard InChI is InChI=1S/C21H31N3O2/c1-16-9-10-17(2)19(13-16)23-21(26)15-24(3)14-20(25)22-12-11-18-7-5-4-6-8-18/h7,9-10,13H,4-6,8,11-12,14-15H2,1-3H3,(H,22,25)(H,23,26). The van der Waals surface area contributed by atoms with Crippen LogP contribution in [0.2, 0.25) is 0 Å². The Balaban J connectivity index is 1.68. The van der Waals surface area contributed by atoms with E-state index in [2.05, 4.69) is 16.7 Å². The maximum atomic E-state index is 12.2. The number of hydrogen-bond donors (Lipinski definition) is 2. The SMILES string of the molecule is Cc1ccc(C)c(NC(=O)CN(C)CC(=O)NCCC2=CCCCC2)c1. The average Bonchev–Trinajstić information content (AvgIpc) is 2.58. The van der Waals surface area contributed by atoms with E-state index in [-0.39, 0.29) is 24.9 Å². The van der Waals surface area contributed by atoms with Gasteiger partial charge in [0.1, 0.15) is 0 Å². The molecule has 0 saturated carbocycles. The highest BCUT2D eigenvalue weighted by Gasteiger charge is 2.12. The quantitative estimate of drug-likeness (QED) is 0.703. The van der Waals surface area contributed by atoms with E-state index in [1.165, 1.54) is 24.8 Å². The van der Waals surface area contributed by atoms with Gasteiger partial charge in [-0.2, -0.15) is 0 Å². The maximum Gasteiger partial charge on any atom is 0.238 e. The molecule has 5 heteroatoms. The molecule has 0 aromatic heterocycles. The molecular weight excluding hydrogens is 326 g/mol. The molecule has 0 fully saturated rings. The van der Waals surface area contributed by atoms with Crippen LogP contribution in [0.15, 0.2) is 29.8 Å². The summed E-state index contributed by atoms with van der Waals surface area (Å²) in [6.45, 7) is 5.04. The number of nitrogens with zero attached hydrogens (tertiary/aromatic N) is 1. The Labute approximate surface area is 156 Å². The first kappa shape index (κ1) is 20.2. The molecule has 0 unspecified atom stereocenters. The minimum atomic E-state index is -0.110. The molecule has 2 N–H and O–H groups in total. The monoisotopic (exact) mass is 357 g/mol. The third-order valence-electron chi connectivity index (χ3n) is 4.65. The molecule has 1 aromatic rings. The molecule has 0 radical (unpaired) electrons. The molecule has 0 bridgehead atoms. The van der Waals surface area contributed by atoms with E-state index in [1.54, 1.807) is 11.9 Å². The highest BCUT2D eigenvalue weighted by Crippen LogP contribution is 2.19. The summed E-state index contributed by atoms with van der Waals surface area (Å²) in [6, 6.07) is 5.97. The topological polar surface area (TPSA) is 61.4 Å². The Morgan fingerprint density at radius 2 is 1.88 bits per heavy atom. The number of rotatable bonds is 8. The summed E-state index contributed by atoms with van der Waals surface area (Å²) in [4.78, 5) is 26.0. The molecule has 1 aliphatic carbocycles. The van der Waals surface area contributed by atoms with Crippen LogP contribution in [-0.2, 0) is 9.59 Å². The van der Waals surface area contributed by atoms with Gasteiger partial charge in [0, 0.05) is 12.2 Å². The Hall–Kier alpha value is -2.14. The van der Waals surface area contributed by atoms with Crippen LogP contribution in [-0.4, -0.2) is 43.4 Å². The highest BCUT2D eigenvalue weighted by molar-refractivity contribution is 5.93. The van der Waals surface area contributed by atoms with E-state index >= 15 is 0 Å². The number of amides is 2. The second-order valence-corrected chi connectivity index (χ2v) is 7.25. The third-order valence-corrected chi connectivity index (χ3v) is 4.65. The molecule has 2 rings (SSSR count). The second-order valence-electron chi connectivity index (χ2n) is 7.25. The minimum Gasteiger partial charge on any atom is -0.355 e. The van der Waals surface area contributed by atoms with Crippen molar-refractivity contribution in [3.63, 3.8) is 0 Å². The number of aryl methyl sites for hydroxylation is 2. The number of benzene rings is 1. The fourth-order valence-corrected chi connectivity index (χ4v) is 3.16. The van der Waals surface area contributed by atoms with Crippen molar-refractivity contribution in [1.29, 1.82) is 0 Å². The summed E-state index contributed by atoms with van der Waals surface area (Å²) < 4.78 is 0. The molecule has 0 aliphatic heterocycles. The van der Waals surface area contributed by atoms with Crippen molar-refractivity contribution < 1.29 is 9.59 Å². The van der Waals surface area contributed by atoms with Gasteiger partial charge in [-0.05, 0) is 70.2 Å². The largest absolute Gasteiger partial charge is 0.355 e. The van der Waals surface area contributed by atoms with Crippen LogP contribution in [0.3, 0.4) is 0 Å². The van der Waals surface area contributed by atoms with Crippen LogP contribution in [0.25, 0.3) is 0 Å². The number of hydrogen-bond acceptors (Lipinski definition) is 3. The Morgan fingerprint density at radius 1 is 1.12 bits per heavy atom. The van der Waals surface area contributed by atoms with Crippen molar-refractivity contribution in [2.75, 3.05) is 32.0 Å². The summed E-state index contributed by atoms with van der Waals surface area (Å²) >= 11 is 0. The van der Waals surface area contributed by atoms with Gasteiger partial charge in [0.25, 0.3) is 0 Å². The summed E-state index contributed by atoms with van der Waals surface area (Å²) in [6.07, 6.45) is 8.11. The van der Waals surface area contributed by atoms with Crippen LogP contribution in [0, 0.1) is 13.8 Å². The van der Waals surface area contributed by atoms with Crippen LogP contribution >= 0.6 is 0 Å². The van der Waals surface area contributed by atoms with Crippen molar-refractivity contribution in [2.45, 2.75) is 46.0 Å². The molecule has 1 aromatic carbocycles. The molecule has 0 spiro atoms. The predicted molar refractivity (Wildman–Crippen MR) is 106 cm³/mol. The lowest BCUT2D eigenvalue weighted by molar-refractivity contribution is -0.122. The summed E-state index contributed by atoms with van der Waals surface area (Å²) in [7, 11) is 1.78. The average molecular weight is 357 g/mol. The van der Waals surface area contributed by atoms with Crippen molar-refractivity contribution in [2.24, 2.45) is 0 Å². The number of likely N-dealkylation sites (N-methyl/N-ethyl adjacent to an activating group) is 1. The third kappa shape index (κ3) is 7.00. The number of carbonyl (C=O) groups is 2. The lowest BCUT2D eigenvalue weighted by atomic mass is 9.97.